The van der Waals surface area contributed by atoms with Gasteiger partial charge in [0, 0.05) is 0 Å². The summed E-state index contributed by atoms with van der Waals surface area (Å²) in [6.07, 6.45) is 0. The van der Waals surface area contributed by atoms with Crippen LogP contribution in [-0.4, -0.2) is 33.9 Å². The molecular weight excluding hydrogens is 59.7 g/mol. The summed E-state index contributed by atoms with van der Waals surface area (Å²) in [7, 11) is 7.38. The summed E-state index contributed by atoms with van der Waals surface area (Å²) in [5.41, 5.74) is 0. The number of nitrogens with zero attached hydrogens (tertiary/aromatic N) is 1. The van der Waals surface area contributed by atoms with Gasteiger partial charge in [-0.25, -0.2) is 0 Å². The summed E-state index contributed by atoms with van der Waals surface area (Å²) in [4.78, 5) is 2.12. The molecule has 0 N–H and O–H groups in total. The highest BCUT2D eigenvalue weighted by atomic mass is 14.9. The minimum Gasteiger partial charge on any atom is -0.358 e. The van der Waals surface area contributed by atoms with Gasteiger partial charge in [-0.05, 0) is 14.1 Å². The maximum atomic E-state index is 2.12. The molecule has 0 saturated heterocycles. The Hall–Kier alpha value is 0.0899. The van der Waals surface area contributed by atoms with E-state index in [1.54, 1.807) is 0 Å². The van der Waals surface area contributed by atoms with E-state index >= 15 is 0 Å². The standard InChI is InChI=1S/C2H9B2N/c1-5(2)4-3/h4H,3H2,1-2H3. The van der Waals surface area contributed by atoms with Crippen LogP contribution in [0.2, 0.25) is 0 Å². The lowest BCUT2D eigenvalue weighted by molar-refractivity contribution is 0.673. The second-order valence-electron chi connectivity index (χ2n) is 1.40. The molecule has 28 valence electrons. The highest BCUT2D eigenvalue weighted by molar-refractivity contribution is 6.87. The van der Waals surface area contributed by atoms with Gasteiger partial charge in [0.1, 0.15) is 0 Å². The Labute approximate surface area is 35.0 Å². The van der Waals surface area contributed by atoms with E-state index in [2.05, 4.69) is 26.6 Å². The predicted molar refractivity (Wildman–Crippen MR) is 29.4 cm³/mol. The van der Waals surface area contributed by atoms with Crippen LogP contribution in [0.1, 0.15) is 0 Å². The number of hydrogen-bond donors (Lipinski definition) is 0. The highest BCUT2D eigenvalue weighted by Gasteiger charge is 1.76. The smallest absolute Gasteiger partial charge is 0.160 e. The van der Waals surface area contributed by atoms with Gasteiger partial charge in [0.25, 0.3) is 0 Å². The van der Waals surface area contributed by atoms with Gasteiger partial charge < -0.3 is 4.81 Å². The summed E-state index contributed by atoms with van der Waals surface area (Å²) < 4.78 is 0. The molecular formula is C2H9B2N. The average Bonchev–Trinajstić information content (AvgIpc) is 1.38. The maximum Gasteiger partial charge on any atom is 0.160 e. The lowest BCUT2D eigenvalue weighted by Crippen LogP contribution is -2.16. The van der Waals surface area contributed by atoms with Gasteiger partial charge in [-0.1, -0.05) is 0 Å². The third-order valence-electron chi connectivity index (χ3n) is 0.632. The zero-order valence-electron chi connectivity index (χ0n) is 4.15. The molecule has 0 bridgehead atoms. The Balaban J connectivity index is 2.54. The first-order chi connectivity index (χ1) is 2.27. The predicted octanol–water partition coefficient (Wildman–Crippen LogP) is -1.55. The fourth-order valence-electron chi connectivity index (χ4n) is 0. The first-order valence-electron chi connectivity index (χ1n) is 1.92. The van der Waals surface area contributed by atoms with Crippen LogP contribution in [-0.2, 0) is 0 Å². The Morgan fingerprint density at radius 3 is 1.80 bits per heavy atom. The molecule has 0 spiro atoms. The van der Waals surface area contributed by atoms with Crippen LogP contribution < -0.4 is 0 Å². The molecule has 0 saturated carbocycles. The molecule has 1 nitrogen and oxygen atoms in total. The molecule has 0 heterocycles. The summed E-state index contributed by atoms with van der Waals surface area (Å²) in [5.74, 6) is 0. The SMILES string of the molecule is BBN(C)C. The van der Waals surface area contributed by atoms with Crippen LogP contribution >= 0.6 is 0 Å². The zero-order valence-corrected chi connectivity index (χ0v) is 4.15. The minimum absolute atomic E-state index is 1.14. The molecule has 0 fully saturated rings. The molecule has 0 aliphatic heterocycles. The van der Waals surface area contributed by atoms with Crippen molar-refractivity contribution in [1.29, 1.82) is 0 Å². The van der Waals surface area contributed by atoms with Crippen LogP contribution in [0.15, 0.2) is 0 Å². The van der Waals surface area contributed by atoms with Gasteiger partial charge in [-0.2, -0.15) is 0 Å². The molecule has 0 amide bonds. The molecule has 0 radical (unpaired) electrons. The lowest BCUT2D eigenvalue weighted by Gasteiger charge is -1.98. The van der Waals surface area contributed by atoms with E-state index in [0.717, 1.165) is 7.31 Å². The van der Waals surface area contributed by atoms with Crippen LogP contribution in [0.25, 0.3) is 0 Å². The van der Waals surface area contributed by atoms with E-state index in [1.165, 1.54) is 0 Å². The van der Waals surface area contributed by atoms with Gasteiger partial charge >= 0.3 is 0 Å². The van der Waals surface area contributed by atoms with Crippen molar-refractivity contribution in [2.45, 2.75) is 0 Å². The van der Waals surface area contributed by atoms with Crippen LogP contribution in [0.5, 0.6) is 0 Å². The summed E-state index contributed by atoms with van der Waals surface area (Å²) in [6.45, 7) is 0. The van der Waals surface area contributed by atoms with Gasteiger partial charge in [0.15, 0.2) is 7.31 Å². The molecule has 0 atom stereocenters. The van der Waals surface area contributed by atoms with Gasteiger partial charge in [0.2, 0.25) is 0 Å². The van der Waals surface area contributed by atoms with Crippen molar-refractivity contribution >= 4 is 15.0 Å². The van der Waals surface area contributed by atoms with Crippen molar-refractivity contribution in [3.8, 4) is 0 Å². The van der Waals surface area contributed by atoms with Gasteiger partial charge in [-0.15, -0.1) is 0 Å². The first-order valence-corrected chi connectivity index (χ1v) is 1.92. The summed E-state index contributed by atoms with van der Waals surface area (Å²) >= 11 is 0. The second-order valence-corrected chi connectivity index (χ2v) is 1.40. The van der Waals surface area contributed by atoms with Gasteiger partial charge in [0.05, 0.1) is 7.74 Å². The van der Waals surface area contributed by atoms with Gasteiger partial charge in [-0.3, -0.25) is 0 Å². The normalized spacial score (nSPS) is 8.60. The largest absolute Gasteiger partial charge is 0.358 e. The van der Waals surface area contributed by atoms with Crippen molar-refractivity contribution in [2.75, 3.05) is 14.1 Å². The molecule has 3 heteroatoms. The molecule has 0 aromatic rings. The van der Waals surface area contributed by atoms with E-state index in [-0.39, 0.29) is 0 Å². The van der Waals surface area contributed by atoms with E-state index in [9.17, 15) is 0 Å². The Morgan fingerprint density at radius 2 is 1.80 bits per heavy atom. The zero-order chi connectivity index (χ0) is 4.28. The quantitative estimate of drug-likeness (QED) is 0.337. The van der Waals surface area contributed by atoms with Crippen molar-refractivity contribution in [1.82, 2.24) is 4.81 Å². The van der Waals surface area contributed by atoms with E-state index in [4.69, 9.17) is 0 Å². The molecule has 0 unspecified atom stereocenters. The molecule has 0 aliphatic rings. The number of rotatable bonds is 1. The third-order valence-corrected chi connectivity index (χ3v) is 0.632. The third kappa shape index (κ3) is 4.09. The number of hydrogen-bond acceptors (Lipinski definition) is 1. The first kappa shape index (κ1) is 5.09. The monoisotopic (exact) mass is 69.1 g/mol. The maximum absolute atomic E-state index is 2.12. The van der Waals surface area contributed by atoms with Crippen LogP contribution in [0.3, 0.4) is 0 Å². The summed E-state index contributed by atoms with van der Waals surface area (Å²) in [6, 6.07) is 0. The second kappa shape index (κ2) is 2.33. The lowest BCUT2D eigenvalue weighted by atomic mass is 9.66. The van der Waals surface area contributed by atoms with Crippen molar-refractivity contribution in [3.63, 3.8) is 0 Å². The van der Waals surface area contributed by atoms with E-state index in [1.807, 2.05) is 0 Å². The fourth-order valence-corrected chi connectivity index (χ4v) is 0. The van der Waals surface area contributed by atoms with E-state index < -0.39 is 0 Å². The highest BCUT2D eigenvalue weighted by Crippen LogP contribution is 1.54. The minimum atomic E-state index is 1.14. The molecule has 0 aromatic heterocycles. The van der Waals surface area contributed by atoms with Crippen LogP contribution in [0, 0.1) is 0 Å². The van der Waals surface area contributed by atoms with E-state index in [0.29, 0.717) is 0 Å². The Bertz CT molecular complexity index is 21.6. The van der Waals surface area contributed by atoms with Crippen molar-refractivity contribution in [3.05, 3.63) is 0 Å². The molecule has 0 aromatic carbocycles. The molecule has 5 heavy (non-hydrogen) atoms. The topological polar surface area (TPSA) is 3.24 Å². The summed E-state index contributed by atoms with van der Waals surface area (Å²) in [5, 5.41) is 0. The van der Waals surface area contributed by atoms with Crippen molar-refractivity contribution < 1.29 is 0 Å². The fraction of sp³-hybridized carbons (Fsp3) is 1.00. The van der Waals surface area contributed by atoms with Crippen molar-refractivity contribution in [2.24, 2.45) is 0 Å². The Morgan fingerprint density at radius 1 is 1.60 bits per heavy atom. The molecule has 0 aliphatic carbocycles. The Kier molecular flexibility index (Phi) is 2.38. The average molecular weight is 68.7 g/mol. The molecule has 0 rings (SSSR count). The van der Waals surface area contributed by atoms with Crippen LogP contribution in [0.4, 0.5) is 0 Å².